The van der Waals surface area contributed by atoms with Gasteiger partial charge in [0.05, 0.1) is 21.3 Å². The second-order valence-corrected chi connectivity index (χ2v) is 6.10. The molecule has 0 fully saturated rings. The molecule has 2 aromatic rings. The summed E-state index contributed by atoms with van der Waals surface area (Å²) in [5, 5.41) is 0. The molecule has 1 aliphatic rings. The van der Waals surface area contributed by atoms with Crippen molar-refractivity contribution < 1.29 is 33.3 Å². The van der Waals surface area contributed by atoms with Gasteiger partial charge < -0.3 is 29.4 Å². The number of carbonyl (C=O) groups is 2. The number of primary amides is 1. The van der Waals surface area contributed by atoms with Crippen LogP contribution < -0.4 is 24.7 Å². The molecule has 0 spiro atoms. The van der Waals surface area contributed by atoms with Gasteiger partial charge in [-0.05, 0) is 35.9 Å². The van der Waals surface area contributed by atoms with Gasteiger partial charge in [-0.1, -0.05) is 6.07 Å². The maximum absolute atomic E-state index is 12.3. The third kappa shape index (κ3) is 4.69. The fourth-order valence-electron chi connectivity index (χ4n) is 2.66. The van der Waals surface area contributed by atoms with Crippen LogP contribution in [0.1, 0.15) is 11.1 Å². The van der Waals surface area contributed by atoms with Crippen LogP contribution in [0.5, 0.6) is 23.0 Å². The zero-order valence-electron chi connectivity index (χ0n) is 16.6. The summed E-state index contributed by atoms with van der Waals surface area (Å²) < 4.78 is 26.3. The summed E-state index contributed by atoms with van der Waals surface area (Å²) in [6.07, 6.45) is 1.55. The normalized spacial score (nSPS) is 14.2. The number of benzene rings is 2. The molecule has 0 radical (unpaired) electrons. The van der Waals surface area contributed by atoms with Gasteiger partial charge in [-0.3, -0.25) is 4.79 Å². The lowest BCUT2D eigenvalue weighted by Gasteiger charge is -2.09. The third-order valence-corrected chi connectivity index (χ3v) is 4.08. The van der Waals surface area contributed by atoms with Crippen molar-refractivity contribution in [2.24, 2.45) is 10.7 Å². The number of ether oxygens (including phenoxy) is 5. The summed E-state index contributed by atoms with van der Waals surface area (Å²) in [5.41, 5.74) is 6.36. The number of amides is 1. The van der Waals surface area contributed by atoms with Crippen LogP contribution in [0, 0.1) is 0 Å². The van der Waals surface area contributed by atoms with E-state index in [2.05, 4.69) is 4.99 Å². The Kier molecular flexibility index (Phi) is 6.21. The summed E-state index contributed by atoms with van der Waals surface area (Å²) >= 11 is 0. The Balaban J connectivity index is 1.90. The number of esters is 1. The molecule has 9 nitrogen and oxygen atoms in total. The first-order valence-electron chi connectivity index (χ1n) is 8.78. The maximum Gasteiger partial charge on any atom is 0.363 e. The Morgan fingerprint density at radius 3 is 2.33 bits per heavy atom. The van der Waals surface area contributed by atoms with Crippen molar-refractivity contribution in [1.82, 2.24) is 0 Å². The lowest BCUT2D eigenvalue weighted by Crippen LogP contribution is -2.20. The van der Waals surface area contributed by atoms with E-state index in [1.807, 2.05) is 0 Å². The highest BCUT2D eigenvalue weighted by atomic mass is 16.6. The molecule has 1 aliphatic heterocycles. The Bertz CT molecular complexity index is 1020. The van der Waals surface area contributed by atoms with Gasteiger partial charge >= 0.3 is 5.97 Å². The molecule has 0 bridgehead atoms. The lowest BCUT2D eigenvalue weighted by molar-refractivity contribution is -0.130. The van der Waals surface area contributed by atoms with E-state index in [0.717, 1.165) is 0 Å². The molecule has 0 unspecified atom stereocenters. The van der Waals surface area contributed by atoms with Crippen LogP contribution in [0.2, 0.25) is 0 Å². The van der Waals surface area contributed by atoms with E-state index in [0.29, 0.717) is 34.1 Å². The Morgan fingerprint density at radius 1 is 1.03 bits per heavy atom. The van der Waals surface area contributed by atoms with E-state index in [-0.39, 0.29) is 18.2 Å². The number of carbonyl (C=O) groups excluding carboxylic acids is 2. The maximum atomic E-state index is 12.3. The number of methoxy groups -OCH3 is 3. The third-order valence-electron chi connectivity index (χ3n) is 4.08. The van der Waals surface area contributed by atoms with E-state index in [1.165, 1.54) is 21.3 Å². The molecule has 0 saturated heterocycles. The van der Waals surface area contributed by atoms with Crippen LogP contribution >= 0.6 is 0 Å². The van der Waals surface area contributed by atoms with Gasteiger partial charge in [0.25, 0.3) is 5.91 Å². The molecule has 9 heteroatoms. The van der Waals surface area contributed by atoms with Crippen LogP contribution in [0.4, 0.5) is 0 Å². The first kappa shape index (κ1) is 20.7. The van der Waals surface area contributed by atoms with Crippen LogP contribution in [0.15, 0.2) is 47.1 Å². The van der Waals surface area contributed by atoms with Crippen molar-refractivity contribution in [1.29, 1.82) is 0 Å². The van der Waals surface area contributed by atoms with Crippen LogP contribution in [0.25, 0.3) is 6.08 Å². The number of aliphatic imine (C=N–C) groups is 1. The molecule has 0 atom stereocenters. The van der Waals surface area contributed by atoms with Crippen LogP contribution in [-0.4, -0.2) is 45.7 Å². The number of nitrogens with two attached hydrogens (primary N) is 1. The predicted molar refractivity (Wildman–Crippen MR) is 108 cm³/mol. The van der Waals surface area contributed by atoms with Gasteiger partial charge in [0.15, 0.2) is 23.8 Å². The number of rotatable bonds is 8. The standard InChI is InChI=1S/C21H20N2O7/c1-26-14-8-13(9-15(10-14)27-2)20-23-16(21(25)30-20)6-12-4-5-17(18(7-12)28-3)29-11-19(22)24/h4-10H,11H2,1-3H3,(H2,22,24)/b16-6-. The first-order chi connectivity index (χ1) is 14.4. The Morgan fingerprint density at radius 2 is 1.73 bits per heavy atom. The highest BCUT2D eigenvalue weighted by Crippen LogP contribution is 2.30. The van der Waals surface area contributed by atoms with E-state index in [9.17, 15) is 9.59 Å². The summed E-state index contributed by atoms with van der Waals surface area (Å²) in [4.78, 5) is 27.5. The van der Waals surface area contributed by atoms with Crippen molar-refractivity contribution in [3.05, 3.63) is 53.2 Å². The second-order valence-electron chi connectivity index (χ2n) is 6.10. The topological polar surface area (TPSA) is 119 Å². The van der Waals surface area contributed by atoms with Gasteiger partial charge in [0.2, 0.25) is 5.90 Å². The molecule has 2 N–H and O–H groups in total. The average Bonchev–Trinajstić information content (AvgIpc) is 3.12. The SMILES string of the molecule is COc1cc(OC)cc(C2=N/C(=C\c3ccc(OCC(N)=O)c(OC)c3)C(=O)O2)c1. The fraction of sp³-hybridized carbons (Fsp3) is 0.190. The van der Waals surface area contributed by atoms with Gasteiger partial charge in [0, 0.05) is 11.6 Å². The fourth-order valence-corrected chi connectivity index (χ4v) is 2.66. The van der Waals surface area contributed by atoms with E-state index in [1.54, 1.807) is 42.5 Å². The summed E-state index contributed by atoms with van der Waals surface area (Å²) in [6.45, 7) is -0.277. The minimum absolute atomic E-state index is 0.111. The molecule has 0 aliphatic carbocycles. The summed E-state index contributed by atoms with van der Waals surface area (Å²) in [7, 11) is 4.51. The monoisotopic (exact) mass is 412 g/mol. The van der Waals surface area contributed by atoms with Crippen molar-refractivity contribution >= 4 is 23.9 Å². The van der Waals surface area contributed by atoms with Crippen molar-refractivity contribution in [2.75, 3.05) is 27.9 Å². The molecular formula is C21H20N2O7. The minimum atomic E-state index is -0.604. The van der Waals surface area contributed by atoms with Crippen molar-refractivity contribution in [2.45, 2.75) is 0 Å². The average molecular weight is 412 g/mol. The van der Waals surface area contributed by atoms with Crippen molar-refractivity contribution in [3.63, 3.8) is 0 Å². The zero-order valence-corrected chi connectivity index (χ0v) is 16.6. The largest absolute Gasteiger partial charge is 0.497 e. The number of hydrogen-bond acceptors (Lipinski definition) is 8. The van der Waals surface area contributed by atoms with Gasteiger partial charge in [-0.2, -0.15) is 0 Å². The summed E-state index contributed by atoms with van der Waals surface area (Å²) in [5.74, 6) is 0.733. The Hall–Kier alpha value is -4.01. The number of cyclic esters (lactones) is 1. The molecule has 0 aromatic heterocycles. The molecule has 30 heavy (non-hydrogen) atoms. The molecule has 3 rings (SSSR count). The molecule has 2 aromatic carbocycles. The molecule has 156 valence electrons. The highest BCUT2D eigenvalue weighted by molar-refractivity contribution is 6.13. The first-order valence-corrected chi connectivity index (χ1v) is 8.78. The quantitative estimate of drug-likeness (QED) is 0.520. The molecule has 0 saturated carbocycles. The zero-order chi connectivity index (χ0) is 21.7. The van der Waals surface area contributed by atoms with E-state index < -0.39 is 11.9 Å². The predicted octanol–water partition coefficient (Wildman–Crippen LogP) is 1.92. The molecule has 1 heterocycles. The number of nitrogens with zero attached hydrogens (tertiary/aromatic N) is 1. The highest BCUT2D eigenvalue weighted by Gasteiger charge is 2.25. The van der Waals surface area contributed by atoms with Crippen LogP contribution in [-0.2, 0) is 14.3 Å². The minimum Gasteiger partial charge on any atom is -0.497 e. The second kappa shape index (κ2) is 8.99. The van der Waals surface area contributed by atoms with Crippen molar-refractivity contribution in [3.8, 4) is 23.0 Å². The van der Waals surface area contributed by atoms with E-state index >= 15 is 0 Å². The molecular weight excluding hydrogens is 392 g/mol. The smallest absolute Gasteiger partial charge is 0.363 e. The van der Waals surface area contributed by atoms with Gasteiger partial charge in [-0.25, -0.2) is 9.79 Å². The van der Waals surface area contributed by atoms with Crippen LogP contribution in [0.3, 0.4) is 0 Å². The van der Waals surface area contributed by atoms with Gasteiger partial charge in [0.1, 0.15) is 11.5 Å². The van der Waals surface area contributed by atoms with Gasteiger partial charge in [-0.15, -0.1) is 0 Å². The molecule has 1 amide bonds. The Labute approximate surface area is 172 Å². The lowest BCUT2D eigenvalue weighted by atomic mass is 10.1. The number of hydrogen-bond donors (Lipinski definition) is 1. The van der Waals surface area contributed by atoms with E-state index in [4.69, 9.17) is 29.4 Å². The summed E-state index contributed by atoms with van der Waals surface area (Å²) in [6, 6.07) is 9.99.